The summed E-state index contributed by atoms with van der Waals surface area (Å²) in [7, 11) is 0. The van der Waals surface area contributed by atoms with E-state index in [0.717, 1.165) is 46.0 Å². The van der Waals surface area contributed by atoms with Gasteiger partial charge in [0.1, 0.15) is 16.6 Å². The first-order valence-corrected chi connectivity index (χ1v) is 10.2. The van der Waals surface area contributed by atoms with Gasteiger partial charge >= 0.3 is 0 Å². The molecule has 0 aromatic heterocycles. The largest absolute Gasteiger partial charge is 0.506 e. The molecule has 158 valence electrons. The van der Waals surface area contributed by atoms with Crippen LogP contribution in [0.4, 0.5) is 11.4 Å². The molecule has 8 nitrogen and oxygen atoms in total. The molecule has 0 saturated carbocycles. The number of phenolic OH excluding ortho intramolecular Hbond substituents is 1. The molecule has 10 heteroatoms. The highest BCUT2D eigenvalue weighted by atomic mass is 32.2. The number of anilines is 1. The number of allylic oxidation sites excluding steroid dienone is 2. The van der Waals surface area contributed by atoms with Gasteiger partial charge in [0.05, 0.1) is 15.5 Å². The molecule has 1 aliphatic heterocycles. The normalized spacial score (nSPS) is 15.5. The Hall–Kier alpha value is -3.50. The van der Waals surface area contributed by atoms with E-state index in [0.29, 0.717) is 4.91 Å². The van der Waals surface area contributed by atoms with E-state index < -0.39 is 16.7 Å². The molecule has 0 aliphatic carbocycles. The van der Waals surface area contributed by atoms with Gasteiger partial charge in [-0.2, -0.15) is 0 Å². The molecule has 1 heterocycles. The summed E-state index contributed by atoms with van der Waals surface area (Å²) in [6.45, 7) is 1.48. The molecule has 2 N–H and O–H groups in total. The van der Waals surface area contributed by atoms with Gasteiger partial charge in [0, 0.05) is 12.1 Å². The monoisotopic (exact) mass is 455 g/mol. The average molecular weight is 456 g/mol. The Balaban J connectivity index is 1.70. The van der Waals surface area contributed by atoms with E-state index in [9.17, 15) is 24.8 Å². The summed E-state index contributed by atoms with van der Waals surface area (Å²) in [4.78, 5) is 36.9. The van der Waals surface area contributed by atoms with Gasteiger partial charge < -0.3 is 10.4 Å². The van der Waals surface area contributed by atoms with Crippen LogP contribution in [0.15, 0.2) is 65.1 Å². The summed E-state index contributed by atoms with van der Waals surface area (Å²) in [5, 5.41) is 23.1. The molecule has 0 radical (unpaired) electrons. The van der Waals surface area contributed by atoms with Crippen LogP contribution in [-0.4, -0.2) is 37.6 Å². The van der Waals surface area contributed by atoms with Crippen LogP contribution in [0.2, 0.25) is 0 Å². The zero-order chi connectivity index (χ0) is 22.5. The van der Waals surface area contributed by atoms with Gasteiger partial charge in [-0.1, -0.05) is 60.4 Å². The Bertz CT molecular complexity index is 1130. The van der Waals surface area contributed by atoms with Crippen LogP contribution in [0.1, 0.15) is 12.5 Å². The van der Waals surface area contributed by atoms with Crippen LogP contribution in [0.3, 0.4) is 0 Å². The van der Waals surface area contributed by atoms with Gasteiger partial charge in [0.15, 0.2) is 0 Å². The lowest BCUT2D eigenvalue weighted by Crippen LogP contribution is -2.36. The molecule has 1 fully saturated rings. The first kappa shape index (κ1) is 22.2. The van der Waals surface area contributed by atoms with Gasteiger partial charge in [-0.05, 0) is 30.2 Å². The van der Waals surface area contributed by atoms with Crippen molar-refractivity contribution in [2.24, 2.45) is 0 Å². The SMILES string of the molecule is CC(=Cc1ccccc1)C=C1SC(=S)N(CC(=O)Nc2cc([N+](=O)[O-])ccc2O)C1=O. The summed E-state index contributed by atoms with van der Waals surface area (Å²) >= 11 is 6.32. The van der Waals surface area contributed by atoms with Gasteiger partial charge in [-0.25, -0.2) is 0 Å². The summed E-state index contributed by atoms with van der Waals surface area (Å²) in [6.07, 6.45) is 3.63. The Morgan fingerprint density at radius 3 is 2.68 bits per heavy atom. The molecule has 31 heavy (non-hydrogen) atoms. The van der Waals surface area contributed by atoms with E-state index in [4.69, 9.17) is 12.2 Å². The van der Waals surface area contributed by atoms with Crippen molar-refractivity contribution in [2.75, 3.05) is 11.9 Å². The lowest BCUT2D eigenvalue weighted by atomic mass is 10.1. The first-order chi connectivity index (χ1) is 14.7. The number of non-ortho nitro benzene ring substituents is 1. The Kier molecular flexibility index (Phi) is 6.83. The minimum absolute atomic E-state index is 0.123. The molecule has 2 aromatic rings. The molecule has 2 aromatic carbocycles. The second-order valence-electron chi connectivity index (χ2n) is 6.57. The standard InChI is InChI=1S/C21H17N3O5S2/c1-13(9-14-5-3-2-4-6-14)10-18-20(27)23(21(30)31-18)12-19(26)22-16-11-15(24(28)29)7-8-17(16)25/h2-11,25H,12H2,1H3,(H,22,26). The van der Waals surface area contributed by atoms with E-state index in [1.807, 2.05) is 43.3 Å². The third kappa shape index (κ3) is 5.56. The lowest BCUT2D eigenvalue weighted by molar-refractivity contribution is -0.384. The topological polar surface area (TPSA) is 113 Å². The fraction of sp³-hybridized carbons (Fsp3) is 0.0952. The van der Waals surface area contributed by atoms with Crippen molar-refractivity contribution in [3.63, 3.8) is 0 Å². The number of nitro benzene ring substituents is 1. The third-order valence-corrected chi connectivity index (χ3v) is 5.57. The number of thiocarbonyl (C=S) groups is 1. The molecule has 2 amide bonds. The van der Waals surface area contributed by atoms with E-state index in [1.165, 1.54) is 0 Å². The maximum absolute atomic E-state index is 12.7. The predicted molar refractivity (Wildman–Crippen MR) is 123 cm³/mol. The van der Waals surface area contributed by atoms with E-state index in [2.05, 4.69) is 5.32 Å². The number of benzene rings is 2. The molecule has 3 rings (SSSR count). The molecule has 1 aliphatic rings. The second kappa shape index (κ2) is 9.54. The van der Waals surface area contributed by atoms with Crippen LogP contribution in [-0.2, 0) is 9.59 Å². The molecule has 0 atom stereocenters. The zero-order valence-corrected chi connectivity index (χ0v) is 17.9. The summed E-state index contributed by atoms with van der Waals surface area (Å²) in [5.41, 5.74) is 1.42. The maximum Gasteiger partial charge on any atom is 0.271 e. The molecule has 0 bridgehead atoms. The minimum atomic E-state index is -0.648. The number of hydrogen-bond donors (Lipinski definition) is 2. The van der Waals surface area contributed by atoms with Crippen molar-refractivity contribution in [3.8, 4) is 5.75 Å². The molecule has 0 unspecified atom stereocenters. The molecule has 1 saturated heterocycles. The highest BCUT2D eigenvalue weighted by molar-refractivity contribution is 8.26. The predicted octanol–water partition coefficient (Wildman–Crippen LogP) is 4.09. The summed E-state index contributed by atoms with van der Waals surface area (Å²) in [6, 6.07) is 12.9. The van der Waals surface area contributed by atoms with Crippen molar-refractivity contribution >= 4 is 57.6 Å². The first-order valence-electron chi connectivity index (χ1n) is 9.00. The fourth-order valence-electron chi connectivity index (χ4n) is 2.77. The minimum Gasteiger partial charge on any atom is -0.506 e. The average Bonchev–Trinajstić information content (AvgIpc) is 2.97. The number of nitrogens with zero attached hydrogens (tertiary/aromatic N) is 2. The Labute approximate surface area is 187 Å². The quantitative estimate of drug-likeness (QED) is 0.222. The van der Waals surface area contributed by atoms with Crippen molar-refractivity contribution < 1.29 is 19.6 Å². The number of nitrogens with one attached hydrogen (secondary N) is 1. The number of nitro groups is 1. The number of carbonyl (C=O) groups is 2. The van der Waals surface area contributed by atoms with E-state index >= 15 is 0 Å². The smallest absolute Gasteiger partial charge is 0.271 e. The fourth-order valence-corrected chi connectivity index (χ4v) is 4.07. The van der Waals surface area contributed by atoms with E-state index in [-0.39, 0.29) is 28.0 Å². The van der Waals surface area contributed by atoms with Gasteiger partial charge in [0.25, 0.3) is 11.6 Å². The van der Waals surface area contributed by atoms with Crippen molar-refractivity contribution in [3.05, 3.63) is 80.8 Å². The molecule has 0 spiro atoms. The van der Waals surface area contributed by atoms with Crippen molar-refractivity contribution in [1.82, 2.24) is 4.90 Å². The Morgan fingerprint density at radius 1 is 1.29 bits per heavy atom. The van der Waals surface area contributed by atoms with Crippen LogP contribution in [0.5, 0.6) is 5.75 Å². The highest BCUT2D eigenvalue weighted by Crippen LogP contribution is 2.32. The van der Waals surface area contributed by atoms with Crippen LogP contribution in [0, 0.1) is 10.1 Å². The van der Waals surface area contributed by atoms with Crippen LogP contribution >= 0.6 is 24.0 Å². The van der Waals surface area contributed by atoms with E-state index in [1.54, 1.807) is 6.08 Å². The lowest BCUT2D eigenvalue weighted by Gasteiger charge is -2.14. The Morgan fingerprint density at radius 2 is 2.00 bits per heavy atom. The number of carbonyl (C=O) groups excluding carboxylic acids is 2. The third-order valence-electron chi connectivity index (χ3n) is 4.19. The molecular formula is C21H17N3O5S2. The number of thioether (sulfide) groups is 1. The van der Waals surface area contributed by atoms with Crippen molar-refractivity contribution in [1.29, 1.82) is 0 Å². The van der Waals surface area contributed by atoms with Gasteiger partial charge in [-0.3, -0.25) is 24.6 Å². The number of amides is 2. The number of aromatic hydroxyl groups is 1. The number of hydrogen-bond acceptors (Lipinski definition) is 7. The highest BCUT2D eigenvalue weighted by Gasteiger charge is 2.33. The number of phenols is 1. The van der Waals surface area contributed by atoms with Crippen LogP contribution in [0.25, 0.3) is 6.08 Å². The van der Waals surface area contributed by atoms with Gasteiger partial charge in [0.2, 0.25) is 5.91 Å². The van der Waals surface area contributed by atoms with Crippen molar-refractivity contribution in [2.45, 2.75) is 6.92 Å². The molecular weight excluding hydrogens is 438 g/mol. The maximum atomic E-state index is 12.7. The summed E-state index contributed by atoms with van der Waals surface area (Å²) in [5.74, 6) is -1.38. The van der Waals surface area contributed by atoms with Crippen LogP contribution < -0.4 is 5.32 Å². The second-order valence-corrected chi connectivity index (χ2v) is 8.25. The summed E-state index contributed by atoms with van der Waals surface area (Å²) < 4.78 is 0.224. The van der Waals surface area contributed by atoms with Gasteiger partial charge in [-0.15, -0.1) is 0 Å². The zero-order valence-electron chi connectivity index (χ0n) is 16.3. The number of rotatable bonds is 6.